The van der Waals surface area contributed by atoms with Crippen LogP contribution < -0.4 is 14.8 Å². The van der Waals surface area contributed by atoms with Crippen LogP contribution in [0.5, 0.6) is 11.5 Å². The van der Waals surface area contributed by atoms with E-state index in [4.69, 9.17) is 9.47 Å². The second-order valence-electron chi connectivity index (χ2n) is 5.98. The van der Waals surface area contributed by atoms with E-state index in [1.54, 1.807) is 26.0 Å². The number of β-amino-alcohol motifs (C(OH)–C–C–N with tert-alkyl or cyclic N) is 1. The van der Waals surface area contributed by atoms with Gasteiger partial charge in [0, 0.05) is 39.3 Å². The van der Waals surface area contributed by atoms with Gasteiger partial charge in [0.2, 0.25) is 0 Å². The molecule has 2 N–H and O–H groups in total. The van der Waals surface area contributed by atoms with Gasteiger partial charge in [-0.05, 0) is 24.6 Å². The molecule has 8 heteroatoms. The van der Waals surface area contributed by atoms with E-state index in [9.17, 15) is 9.90 Å². The molecule has 2 amide bonds. The van der Waals surface area contributed by atoms with Gasteiger partial charge >= 0.3 is 6.03 Å². The van der Waals surface area contributed by atoms with Crippen LogP contribution in [0.15, 0.2) is 18.2 Å². The number of hydrogen-bond acceptors (Lipinski definition) is 5. The molecule has 7 nitrogen and oxygen atoms in total. The van der Waals surface area contributed by atoms with Crippen LogP contribution in [0.4, 0.5) is 4.79 Å². The van der Waals surface area contributed by atoms with Crippen molar-refractivity contribution in [3.63, 3.8) is 0 Å². The topological polar surface area (TPSA) is 74.3 Å². The van der Waals surface area contributed by atoms with Crippen molar-refractivity contribution in [1.82, 2.24) is 15.1 Å². The summed E-state index contributed by atoms with van der Waals surface area (Å²) in [4.78, 5) is 16.2. The number of amides is 2. The number of urea groups is 1. The van der Waals surface area contributed by atoms with Gasteiger partial charge in [0.05, 0.1) is 20.3 Å². The monoisotopic (exact) mass is 373 g/mol. The summed E-state index contributed by atoms with van der Waals surface area (Å²) in [5, 5.41) is 12.4. The largest absolute Gasteiger partial charge is 0.493 e. The normalized spacial score (nSPS) is 15.9. The smallest absolute Gasteiger partial charge is 0.317 e. The second-order valence-corrected chi connectivity index (χ2v) is 5.98. The summed E-state index contributed by atoms with van der Waals surface area (Å²) in [5.41, 5.74) is 0.953. The Morgan fingerprint density at radius 3 is 2.40 bits per heavy atom. The minimum absolute atomic E-state index is 0. The van der Waals surface area contributed by atoms with E-state index in [2.05, 4.69) is 10.2 Å². The first-order chi connectivity index (χ1) is 11.5. The van der Waals surface area contributed by atoms with Gasteiger partial charge in [-0.3, -0.25) is 4.90 Å². The number of ether oxygens (including phenoxy) is 2. The molecular formula is C17H28ClN3O4. The molecule has 1 aromatic carbocycles. The van der Waals surface area contributed by atoms with E-state index in [-0.39, 0.29) is 24.5 Å². The maximum absolute atomic E-state index is 12.3. The van der Waals surface area contributed by atoms with Crippen LogP contribution in [0, 0.1) is 0 Å². The summed E-state index contributed by atoms with van der Waals surface area (Å²) >= 11 is 0. The van der Waals surface area contributed by atoms with E-state index >= 15 is 0 Å². The maximum Gasteiger partial charge on any atom is 0.317 e. The fraction of sp³-hybridized carbons (Fsp3) is 0.588. The third kappa shape index (κ3) is 6.26. The van der Waals surface area contributed by atoms with Crippen molar-refractivity contribution in [2.45, 2.75) is 19.6 Å². The van der Waals surface area contributed by atoms with Gasteiger partial charge < -0.3 is 24.8 Å². The van der Waals surface area contributed by atoms with E-state index in [0.717, 1.165) is 18.7 Å². The zero-order valence-corrected chi connectivity index (χ0v) is 15.8. The van der Waals surface area contributed by atoms with Gasteiger partial charge in [-0.25, -0.2) is 4.79 Å². The zero-order chi connectivity index (χ0) is 17.5. The third-order valence-corrected chi connectivity index (χ3v) is 4.07. The average Bonchev–Trinajstić information content (AvgIpc) is 2.59. The first-order valence-corrected chi connectivity index (χ1v) is 8.17. The van der Waals surface area contributed by atoms with E-state index in [1.807, 2.05) is 18.2 Å². The Morgan fingerprint density at radius 2 is 1.84 bits per heavy atom. The van der Waals surface area contributed by atoms with Crippen molar-refractivity contribution in [2.75, 3.05) is 46.9 Å². The number of rotatable bonds is 6. The molecule has 1 aliphatic rings. The second kappa shape index (κ2) is 10.3. The highest BCUT2D eigenvalue weighted by molar-refractivity contribution is 5.85. The Morgan fingerprint density at radius 1 is 1.20 bits per heavy atom. The standard InChI is InChI=1S/C17H27N3O4.ClH/c1-13(21)12-19-6-8-20(9-7-19)17(22)18-11-14-4-5-15(23-2)16(10-14)24-3;/h4-5,10,13,21H,6-9,11-12H2,1-3H3,(H,18,22);1H. The SMILES string of the molecule is COc1ccc(CNC(=O)N2CCN(CC(C)O)CC2)cc1OC.Cl. The molecule has 25 heavy (non-hydrogen) atoms. The van der Waals surface area contributed by atoms with Crippen LogP contribution >= 0.6 is 12.4 Å². The van der Waals surface area contributed by atoms with Gasteiger partial charge in [0.1, 0.15) is 0 Å². The molecule has 0 aliphatic carbocycles. The predicted octanol–water partition coefficient (Wildman–Crippen LogP) is 1.33. The Kier molecular flexibility index (Phi) is 8.82. The fourth-order valence-corrected chi connectivity index (χ4v) is 2.79. The summed E-state index contributed by atoms with van der Waals surface area (Å²) in [6.45, 7) is 5.79. The molecule has 1 fully saturated rings. The molecule has 0 radical (unpaired) electrons. The number of methoxy groups -OCH3 is 2. The first-order valence-electron chi connectivity index (χ1n) is 8.17. The van der Waals surface area contributed by atoms with Crippen molar-refractivity contribution in [3.05, 3.63) is 23.8 Å². The molecule has 0 bridgehead atoms. The summed E-state index contributed by atoms with van der Waals surface area (Å²) < 4.78 is 10.5. The summed E-state index contributed by atoms with van der Waals surface area (Å²) in [6.07, 6.45) is -0.338. The number of piperazine rings is 1. The number of aliphatic hydroxyl groups excluding tert-OH is 1. The minimum atomic E-state index is -0.338. The number of nitrogens with zero attached hydrogens (tertiary/aromatic N) is 2. The Bertz CT molecular complexity index is 549. The molecule has 1 saturated heterocycles. The van der Waals surface area contributed by atoms with E-state index < -0.39 is 0 Å². The van der Waals surface area contributed by atoms with E-state index in [1.165, 1.54) is 0 Å². The van der Waals surface area contributed by atoms with E-state index in [0.29, 0.717) is 37.7 Å². The molecule has 1 unspecified atom stereocenters. The predicted molar refractivity (Wildman–Crippen MR) is 98.7 cm³/mol. The lowest BCUT2D eigenvalue weighted by Crippen LogP contribution is -2.52. The third-order valence-electron chi connectivity index (χ3n) is 4.07. The van der Waals surface area contributed by atoms with Crippen LogP contribution in [-0.4, -0.2) is 74.0 Å². The molecule has 2 rings (SSSR count). The molecule has 0 spiro atoms. The van der Waals surface area contributed by atoms with Crippen molar-refractivity contribution in [3.8, 4) is 11.5 Å². The lowest BCUT2D eigenvalue weighted by atomic mass is 10.2. The number of carbonyl (C=O) groups excluding carboxylic acids is 1. The van der Waals surface area contributed by atoms with Gasteiger partial charge in [0.25, 0.3) is 0 Å². The summed E-state index contributed by atoms with van der Waals surface area (Å²) in [5.74, 6) is 1.32. The molecule has 142 valence electrons. The Balaban J connectivity index is 0.00000312. The van der Waals surface area contributed by atoms with Crippen molar-refractivity contribution in [1.29, 1.82) is 0 Å². The van der Waals surface area contributed by atoms with Gasteiger partial charge in [-0.1, -0.05) is 6.07 Å². The molecule has 0 saturated carbocycles. The highest BCUT2D eigenvalue weighted by Gasteiger charge is 2.21. The van der Waals surface area contributed by atoms with Gasteiger partial charge in [0.15, 0.2) is 11.5 Å². The molecule has 1 aromatic rings. The minimum Gasteiger partial charge on any atom is -0.493 e. The quantitative estimate of drug-likeness (QED) is 0.787. The zero-order valence-electron chi connectivity index (χ0n) is 15.0. The number of carbonyl (C=O) groups is 1. The summed E-state index contributed by atoms with van der Waals surface area (Å²) in [6, 6.07) is 5.53. The average molecular weight is 374 g/mol. The molecule has 0 aromatic heterocycles. The highest BCUT2D eigenvalue weighted by Crippen LogP contribution is 2.27. The van der Waals surface area contributed by atoms with Crippen molar-refractivity contribution < 1.29 is 19.4 Å². The lowest BCUT2D eigenvalue weighted by Gasteiger charge is -2.35. The molecule has 1 aliphatic heterocycles. The maximum atomic E-state index is 12.3. The fourth-order valence-electron chi connectivity index (χ4n) is 2.79. The highest BCUT2D eigenvalue weighted by atomic mass is 35.5. The van der Waals surface area contributed by atoms with Crippen molar-refractivity contribution in [2.24, 2.45) is 0 Å². The number of nitrogens with one attached hydrogen (secondary N) is 1. The van der Waals surface area contributed by atoms with Crippen LogP contribution in [0.3, 0.4) is 0 Å². The number of benzene rings is 1. The van der Waals surface area contributed by atoms with Gasteiger partial charge in [-0.15, -0.1) is 12.4 Å². The van der Waals surface area contributed by atoms with Crippen LogP contribution in [0.25, 0.3) is 0 Å². The summed E-state index contributed by atoms with van der Waals surface area (Å²) in [7, 11) is 3.18. The van der Waals surface area contributed by atoms with Crippen LogP contribution in [0.2, 0.25) is 0 Å². The Labute approximate surface area is 155 Å². The number of halogens is 1. The first kappa shape index (κ1) is 21.3. The van der Waals surface area contributed by atoms with Crippen molar-refractivity contribution >= 4 is 18.4 Å². The lowest BCUT2D eigenvalue weighted by molar-refractivity contribution is 0.0897. The molecular weight excluding hydrogens is 346 g/mol. The number of hydrogen-bond donors (Lipinski definition) is 2. The Hall–Kier alpha value is -1.70. The molecule has 1 heterocycles. The van der Waals surface area contributed by atoms with Crippen LogP contribution in [-0.2, 0) is 6.54 Å². The van der Waals surface area contributed by atoms with Crippen LogP contribution in [0.1, 0.15) is 12.5 Å². The van der Waals surface area contributed by atoms with Gasteiger partial charge in [-0.2, -0.15) is 0 Å². The molecule has 1 atom stereocenters. The number of aliphatic hydroxyl groups is 1.